The van der Waals surface area contributed by atoms with Crippen LogP contribution in [0.2, 0.25) is 0 Å². The number of fused-ring (bicyclic) bond motifs is 5. The molecule has 4 aliphatic rings. The van der Waals surface area contributed by atoms with E-state index in [2.05, 4.69) is 40.6 Å². The Hall–Kier alpha value is -1.59. The zero-order valence-corrected chi connectivity index (χ0v) is 15.8. The molecule has 7 atom stereocenters. The molecule has 140 valence electrons. The third-order valence-corrected chi connectivity index (χ3v) is 8.86. The normalized spacial score (nSPS) is 47.5. The maximum atomic E-state index is 11.0. The number of hydrogen-bond acceptors (Lipinski definition) is 5. The summed E-state index contributed by atoms with van der Waals surface area (Å²) in [7, 11) is 0. The molecule has 0 aromatic carbocycles. The second kappa shape index (κ2) is 5.70. The minimum Gasteiger partial charge on any atom is -0.229 e. The van der Waals surface area contributed by atoms with Crippen LogP contribution in [0.15, 0.2) is 23.2 Å². The molecule has 0 amide bonds. The van der Waals surface area contributed by atoms with Crippen LogP contribution in [-0.4, -0.2) is 26.2 Å². The fourth-order valence-corrected chi connectivity index (χ4v) is 7.51. The Kier molecular flexibility index (Phi) is 3.63. The maximum absolute atomic E-state index is 11.0. The van der Waals surface area contributed by atoms with Crippen molar-refractivity contribution in [3.63, 3.8) is 0 Å². The molecular weight excluding hydrogens is 326 g/mol. The molecule has 4 aliphatic carbocycles. The summed E-state index contributed by atoms with van der Waals surface area (Å²) < 4.78 is 2.02. The highest BCUT2D eigenvalue weighted by atomic mass is 16.3. The average Bonchev–Trinajstić information content (AvgIpc) is 3.27. The summed E-state index contributed by atoms with van der Waals surface area (Å²) in [5, 5.41) is 15.3. The van der Waals surface area contributed by atoms with Gasteiger partial charge in [-0.15, -0.1) is 5.10 Å². The second-order valence-corrected chi connectivity index (χ2v) is 9.66. The van der Waals surface area contributed by atoms with Crippen LogP contribution in [-0.2, 0) is 0 Å². The summed E-state index contributed by atoms with van der Waals surface area (Å²) in [5.41, 5.74) is 2.14. The predicted molar refractivity (Wildman–Crippen MR) is 98.1 cm³/mol. The lowest BCUT2D eigenvalue weighted by Crippen LogP contribution is -2.50. The van der Waals surface area contributed by atoms with Crippen molar-refractivity contribution in [3.05, 3.63) is 22.9 Å². The summed E-state index contributed by atoms with van der Waals surface area (Å²) in [5.74, 6) is 2.34. The van der Waals surface area contributed by atoms with Crippen molar-refractivity contribution >= 4 is 0 Å². The highest BCUT2D eigenvalue weighted by molar-refractivity contribution is 5.26. The van der Waals surface area contributed by atoms with Crippen molar-refractivity contribution in [2.75, 3.05) is 0 Å². The summed E-state index contributed by atoms with van der Waals surface area (Å²) in [6, 6.07) is 0.363. The van der Waals surface area contributed by atoms with Gasteiger partial charge >= 0.3 is 0 Å². The van der Waals surface area contributed by atoms with Crippen molar-refractivity contribution < 1.29 is 0 Å². The van der Waals surface area contributed by atoms with Crippen LogP contribution in [0.1, 0.15) is 71.3 Å². The lowest BCUT2D eigenvalue weighted by atomic mass is 9.47. The van der Waals surface area contributed by atoms with Gasteiger partial charge in [0.25, 0.3) is 0 Å². The first-order valence-corrected chi connectivity index (χ1v) is 10.3. The van der Waals surface area contributed by atoms with Crippen LogP contribution >= 0.6 is 0 Å². The number of nitrogens with zero attached hydrogens (tertiary/aromatic N) is 5. The van der Waals surface area contributed by atoms with Crippen molar-refractivity contribution in [2.45, 2.75) is 77.3 Å². The van der Waals surface area contributed by atoms with Crippen LogP contribution in [0.3, 0.4) is 0 Å². The van der Waals surface area contributed by atoms with Crippen LogP contribution in [0, 0.1) is 33.5 Å². The molecule has 0 spiro atoms. The number of aromatic nitrogens is 4. The fraction of sp³-hybridized carbons (Fsp3) is 0.850. The van der Waals surface area contributed by atoms with Gasteiger partial charge in [0.05, 0.1) is 6.04 Å². The van der Waals surface area contributed by atoms with Crippen molar-refractivity contribution in [3.8, 4) is 0 Å². The Morgan fingerprint density at radius 2 is 2.00 bits per heavy atom. The van der Waals surface area contributed by atoms with Gasteiger partial charge in [0, 0.05) is 0 Å². The molecule has 1 aromatic heterocycles. The molecule has 1 heterocycles. The number of tetrazole rings is 1. The number of rotatable bonds is 2. The van der Waals surface area contributed by atoms with E-state index in [4.69, 9.17) is 0 Å². The Bertz CT molecular complexity index is 731. The van der Waals surface area contributed by atoms with Crippen molar-refractivity contribution in [2.24, 2.45) is 33.8 Å². The Morgan fingerprint density at radius 3 is 2.77 bits per heavy atom. The number of nitroso groups, excluding NO2 is 1. The third kappa shape index (κ3) is 2.13. The van der Waals surface area contributed by atoms with E-state index >= 15 is 0 Å². The molecule has 1 aromatic rings. The lowest BCUT2D eigenvalue weighted by Gasteiger charge is -2.58. The van der Waals surface area contributed by atoms with Gasteiger partial charge in [0.1, 0.15) is 12.4 Å². The van der Waals surface area contributed by atoms with Gasteiger partial charge in [-0.05, 0) is 90.4 Å². The highest BCUT2D eigenvalue weighted by Gasteiger charge is 2.59. The third-order valence-electron chi connectivity index (χ3n) is 8.86. The van der Waals surface area contributed by atoms with Gasteiger partial charge in [0.15, 0.2) is 0 Å². The molecule has 0 aliphatic heterocycles. The first kappa shape index (κ1) is 16.6. The average molecular weight is 355 g/mol. The van der Waals surface area contributed by atoms with Gasteiger partial charge in [-0.1, -0.05) is 30.7 Å². The minimum absolute atomic E-state index is 0.0841. The van der Waals surface area contributed by atoms with Gasteiger partial charge in [-0.3, -0.25) is 0 Å². The first-order chi connectivity index (χ1) is 12.6. The SMILES string of the molecule is C[C@]12CCC(N=O)C=C1CC[C@@H]1[C@@H]2CC[C@]2(C)C(n3cnnn3)CC[C@@H]12. The summed E-state index contributed by atoms with van der Waals surface area (Å²) in [6.07, 6.45) is 13.6. The standard InChI is InChI=1S/C20H29N5O/c1-19-9-7-14(22-26)11-13(19)3-4-15-16-5-6-18(25-12-21-23-24-25)20(16,2)10-8-17(15)19/h11-12,14-18H,3-10H2,1-2H3/t14?,15-,16-,17-,18?,19-,20-/m0/s1. The topological polar surface area (TPSA) is 73.0 Å². The Labute approximate surface area is 154 Å². The lowest BCUT2D eigenvalue weighted by molar-refractivity contribution is -0.0508. The van der Waals surface area contributed by atoms with E-state index in [9.17, 15) is 4.91 Å². The van der Waals surface area contributed by atoms with E-state index in [1.165, 1.54) is 37.7 Å². The summed E-state index contributed by atoms with van der Waals surface area (Å²) in [6.45, 7) is 4.97. The van der Waals surface area contributed by atoms with E-state index in [0.717, 1.165) is 37.0 Å². The fourth-order valence-electron chi connectivity index (χ4n) is 7.51. The Morgan fingerprint density at radius 1 is 1.12 bits per heavy atom. The minimum atomic E-state index is -0.0841. The maximum Gasteiger partial charge on any atom is 0.138 e. The van der Waals surface area contributed by atoms with E-state index in [1.807, 2.05) is 4.68 Å². The quantitative estimate of drug-likeness (QED) is 0.585. The van der Waals surface area contributed by atoms with E-state index in [-0.39, 0.29) is 6.04 Å². The second-order valence-electron chi connectivity index (χ2n) is 9.66. The van der Waals surface area contributed by atoms with Crippen molar-refractivity contribution in [1.82, 2.24) is 20.2 Å². The molecule has 0 radical (unpaired) electrons. The predicted octanol–water partition coefficient (Wildman–Crippen LogP) is 4.31. The summed E-state index contributed by atoms with van der Waals surface area (Å²) >= 11 is 0. The zero-order valence-electron chi connectivity index (χ0n) is 15.8. The molecule has 5 rings (SSSR count). The zero-order chi connectivity index (χ0) is 17.9. The van der Waals surface area contributed by atoms with E-state index < -0.39 is 0 Å². The van der Waals surface area contributed by atoms with E-state index in [0.29, 0.717) is 16.9 Å². The molecule has 3 fully saturated rings. The van der Waals surface area contributed by atoms with Gasteiger partial charge in [0.2, 0.25) is 0 Å². The van der Waals surface area contributed by atoms with Crippen LogP contribution < -0.4 is 0 Å². The molecule has 3 saturated carbocycles. The molecule has 0 N–H and O–H groups in total. The van der Waals surface area contributed by atoms with Crippen molar-refractivity contribution in [1.29, 1.82) is 0 Å². The molecular formula is C20H29N5O. The highest BCUT2D eigenvalue weighted by Crippen LogP contribution is 2.67. The van der Waals surface area contributed by atoms with Gasteiger partial charge < -0.3 is 0 Å². The van der Waals surface area contributed by atoms with Crippen LogP contribution in [0.25, 0.3) is 0 Å². The molecule has 6 nitrogen and oxygen atoms in total. The monoisotopic (exact) mass is 355 g/mol. The molecule has 2 unspecified atom stereocenters. The molecule has 26 heavy (non-hydrogen) atoms. The van der Waals surface area contributed by atoms with E-state index in [1.54, 1.807) is 6.33 Å². The summed E-state index contributed by atoms with van der Waals surface area (Å²) in [4.78, 5) is 11.0. The number of allylic oxidation sites excluding steroid dienone is 1. The van der Waals surface area contributed by atoms with Gasteiger partial charge in [-0.2, -0.15) is 4.91 Å². The van der Waals surface area contributed by atoms with Crippen LogP contribution in [0.4, 0.5) is 0 Å². The van der Waals surface area contributed by atoms with Crippen LogP contribution in [0.5, 0.6) is 0 Å². The Balaban J connectivity index is 1.46. The smallest absolute Gasteiger partial charge is 0.138 e. The molecule has 0 saturated heterocycles. The molecule has 6 heteroatoms. The largest absolute Gasteiger partial charge is 0.229 e. The molecule has 0 bridgehead atoms. The van der Waals surface area contributed by atoms with Gasteiger partial charge in [-0.25, -0.2) is 4.68 Å². The first-order valence-electron chi connectivity index (χ1n) is 10.3. The number of hydrogen-bond donors (Lipinski definition) is 0.